The van der Waals surface area contributed by atoms with Crippen LogP contribution in [0.3, 0.4) is 0 Å². The molecule has 0 heterocycles. The van der Waals surface area contributed by atoms with Crippen molar-refractivity contribution >= 4 is 11.9 Å². The van der Waals surface area contributed by atoms with E-state index in [0.717, 1.165) is 44.9 Å². The number of ether oxygens (including phenoxy) is 1. The van der Waals surface area contributed by atoms with Gasteiger partial charge in [-0.25, -0.2) is 0 Å². The summed E-state index contributed by atoms with van der Waals surface area (Å²) < 4.78 is 5.49. The molecule has 6 nitrogen and oxygen atoms in total. The molecule has 0 radical (unpaired) electrons. The van der Waals surface area contributed by atoms with Crippen molar-refractivity contribution in [1.82, 2.24) is 5.32 Å². The van der Waals surface area contributed by atoms with Crippen LogP contribution in [0.1, 0.15) is 399 Å². The van der Waals surface area contributed by atoms with E-state index in [1.54, 1.807) is 6.08 Å². The van der Waals surface area contributed by atoms with E-state index in [1.807, 2.05) is 6.08 Å². The van der Waals surface area contributed by atoms with Crippen LogP contribution in [0.5, 0.6) is 0 Å². The van der Waals surface area contributed by atoms with Gasteiger partial charge in [0.05, 0.1) is 25.4 Å². The maximum Gasteiger partial charge on any atom is 0.305 e. The minimum atomic E-state index is -0.841. The van der Waals surface area contributed by atoms with Crippen molar-refractivity contribution in [3.63, 3.8) is 0 Å². The van der Waals surface area contributed by atoms with Crippen LogP contribution in [0, 0.1) is 0 Å². The number of hydrogen-bond acceptors (Lipinski definition) is 5. The molecule has 3 N–H and O–H groups in total. The first-order chi connectivity index (χ1) is 38.5. The largest absolute Gasteiger partial charge is 0.466 e. The Morgan fingerprint density at radius 2 is 0.603 bits per heavy atom. The highest BCUT2D eigenvalue weighted by Gasteiger charge is 2.18. The number of aliphatic hydroxyl groups is 2. The maximum atomic E-state index is 12.5. The SMILES string of the molecule is CCCCCCCC/C=C\CCCCCCCC(=O)OCCCCCCCCCCCCCCCCCCCCCCCCCCCCCCCCCC(=O)NC(CO)C(O)/C=C/CCCCCCCCCCCCCCC. The second kappa shape index (κ2) is 67.8. The number of carbonyl (C=O) groups excluding carboxylic acids is 2. The predicted molar refractivity (Wildman–Crippen MR) is 343 cm³/mol. The minimum absolute atomic E-state index is 0.0130. The maximum absolute atomic E-state index is 12.5. The molecule has 0 saturated heterocycles. The zero-order valence-corrected chi connectivity index (χ0v) is 52.9. The lowest BCUT2D eigenvalue weighted by Crippen LogP contribution is -2.45. The lowest BCUT2D eigenvalue weighted by Gasteiger charge is -2.20. The Bertz CT molecular complexity index is 1220. The lowest BCUT2D eigenvalue weighted by molar-refractivity contribution is -0.143. The van der Waals surface area contributed by atoms with Crippen molar-refractivity contribution in [2.45, 2.75) is 411 Å². The fourth-order valence-corrected chi connectivity index (χ4v) is 11.3. The van der Waals surface area contributed by atoms with E-state index in [2.05, 4.69) is 31.3 Å². The van der Waals surface area contributed by atoms with Crippen LogP contribution in [0.4, 0.5) is 0 Å². The van der Waals surface area contributed by atoms with E-state index in [1.165, 1.54) is 327 Å². The van der Waals surface area contributed by atoms with Gasteiger partial charge in [-0.3, -0.25) is 9.59 Å². The van der Waals surface area contributed by atoms with Gasteiger partial charge in [-0.05, 0) is 57.8 Å². The Morgan fingerprint density at radius 3 is 0.910 bits per heavy atom. The molecule has 0 aliphatic rings. The first-order valence-electron chi connectivity index (χ1n) is 35.6. The number of aliphatic hydroxyl groups excluding tert-OH is 2. The van der Waals surface area contributed by atoms with Crippen molar-refractivity contribution in [2.24, 2.45) is 0 Å². The summed E-state index contributed by atoms with van der Waals surface area (Å²) in [6.45, 7) is 4.93. The van der Waals surface area contributed by atoms with Gasteiger partial charge in [-0.1, -0.05) is 353 Å². The van der Waals surface area contributed by atoms with Crippen LogP contribution >= 0.6 is 0 Å². The number of allylic oxidation sites excluding steroid dienone is 3. The summed E-state index contributed by atoms with van der Waals surface area (Å²) in [4.78, 5) is 24.6. The van der Waals surface area contributed by atoms with Gasteiger partial charge >= 0.3 is 5.97 Å². The monoisotopic (exact) mass is 1100 g/mol. The molecule has 0 fully saturated rings. The highest BCUT2D eigenvalue weighted by atomic mass is 16.5. The van der Waals surface area contributed by atoms with Gasteiger partial charge in [0.25, 0.3) is 0 Å². The number of unbranched alkanes of at least 4 members (excludes halogenated alkanes) is 54. The van der Waals surface area contributed by atoms with E-state index in [9.17, 15) is 19.8 Å². The second-order valence-electron chi connectivity index (χ2n) is 24.6. The zero-order valence-electron chi connectivity index (χ0n) is 52.9. The van der Waals surface area contributed by atoms with Crippen LogP contribution < -0.4 is 5.32 Å². The molecule has 0 spiro atoms. The number of nitrogens with one attached hydrogen (secondary N) is 1. The van der Waals surface area contributed by atoms with Gasteiger partial charge in [0.1, 0.15) is 0 Å². The molecule has 78 heavy (non-hydrogen) atoms. The van der Waals surface area contributed by atoms with E-state index in [4.69, 9.17) is 4.74 Å². The molecule has 2 unspecified atom stereocenters. The number of rotatable bonds is 67. The topological polar surface area (TPSA) is 95.9 Å². The van der Waals surface area contributed by atoms with Crippen molar-refractivity contribution in [1.29, 1.82) is 0 Å². The molecule has 0 aromatic carbocycles. The highest BCUT2D eigenvalue weighted by Crippen LogP contribution is 2.19. The van der Waals surface area contributed by atoms with Gasteiger partial charge in [0, 0.05) is 12.8 Å². The van der Waals surface area contributed by atoms with E-state index in [0.29, 0.717) is 19.4 Å². The Balaban J connectivity index is 3.33. The van der Waals surface area contributed by atoms with Crippen molar-refractivity contribution in [2.75, 3.05) is 13.2 Å². The van der Waals surface area contributed by atoms with Gasteiger partial charge in [-0.2, -0.15) is 0 Å². The molecule has 2 atom stereocenters. The summed E-state index contributed by atoms with van der Waals surface area (Å²) in [5.41, 5.74) is 0. The van der Waals surface area contributed by atoms with Crippen LogP contribution in [-0.2, 0) is 14.3 Å². The molecule has 0 saturated carbocycles. The standard InChI is InChI=1S/C72H139NO5/c1-3-5-7-9-11-13-15-17-36-40-44-48-52-56-60-64-70(75)69(68-74)73-71(76)65-61-57-53-49-45-41-38-34-32-30-28-26-24-22-20-19-21-23-25-27-29-31-33-35-39-43-47-51-55-59-63-67-78-72(77)66-62-58-54-50-46-42-37-18-16-14-12-10-8-6-4-2/h18,37,60,64,69-70,74-75H,3-17,19-36,38-59,61-63,65-68H2,1-2H3,(H,73,76)/b37-18-,64-60+. The van der Waals surface area contributed by atoms with Gasteiger partial charge in [0.15, 0.2) is 0 Å². The lowest BCUT2D eigenvalue weighted by atomic mass is 10.0. The molecular weight excluding hydrogens is 959 g/mol. The van der Waals surface area contributed by atoms with E-state index < -0.39 is 12.1 Å². The average molecular weight is 1100 g/mol. The van der Waals surface area contributed by atoms with Crippen LogP contribution in [0.25, 0.3) is 0 Å². The molecule has 0 aliphatic carbocycles. The fourth-order valence-electron chi connectivity index (χ4n) is 11.3. The first kappa shape index (κ1) is 76.3. The Morgan fingerprint density at radius 1 is 0.346 bits per heavy atom. The summed E-state index contributed by atoms with van der Waals surface area (Å²) in [6, 6.07) is -0.624. The molecule has 0 aliphatic heterocycles. The molecule has 1 amide bonds. The Labute approximate surface area is 488 Å². The number of hydrogen-bond donors (Lipinski definition) is 3. The molecular formula is C72H139NO5. The van der Waals surface area contributed by atoms with Gasteiger partial charge in [-0.15, -0.1) is 0 Å². The molecule has 0 aromatic heterocycles. The minimum Gasteiger partial charge on any atom is -0.466 e. The second-order valence-corrected chi connectivity index (χ2v) is 24.6. The Kier molecular flexibility index (Phi) is 66.4. The molecule has 0 aromatic rings. The molecule has 0 bridgehead atoms. The van der Waals surface area contributed by atoms with Crippen LogP contribution in [-0.4, -0.2) is 47.4 Å². The van der Waals surface area contributed by atoms with Crippen LogP contribution in [0.15, 0.2) is 24.3 Å². The summed E-state index contributed by atoms with van der Waals surface area (Å²) >= 11 is 0. The van der Waals surface area contributed by atoms with Crippen molar-refractivity contribution in [3.8, 4) is 0 Å². The predicted octanol–water partition coefficient (Wildman–Crippen LogP) is 22.9. The smallest absolute Gasteiger partial charge is 0.305 e. The van der Waals surface area contributed by atoms with E-state index in [-0.39, 0.29) is 18.5 Å². The van der Waals surface area contributed by atoms with Crippen LogP contribution in [0.2, 0.25) is 0 Å². The normalized spacial score (nSPS) is 12.6. The molecule has 6 heteroatoms. The van der Waals surface area contributed by atoms with E-state index >= 15 is 0 Å². The summed E-state index contributed by atoms with van der Waals surface area (Å²) in [5, 5.41) is 23.2. The summed E-state index contributed by atoms with van der Waals surface area (Å²) in [5.74, 6) is -0.0482. The fraction of sp³-hybridized carbons (Fsp3) is 0.917. The van der Waals surface area contributed by atoms with Gasteiger partial charge in [0.2, 0.25) is 5.91 Å². The summed E-state index contributed by atoms with van der Waals surface area (Å²) in [6.07, 6.45) is 85.5. The first-order valence-corrected chi connectivity index (χ1v) is 35.6. The van der Waals surface area contributed by atoms with Crippen molar-refractivity contribution in [3.05, 3.63) is 24.3 Å². The zero-order chi connectivity index (χ0) is 56.4. The number of amides is 1. The molecule has 0 rings (SSSR count). The van der Waals surface area contributed by atoms with Crippen molar-refractivity contribution < 1.29 is 24.5 Å². The third-order valence-corrected chi connectivity index (χ3v) is 16.7. The third kappa shape index (κ3) is 63.5. The third-order valence-electron chi connectivity index (χ3n) is 16.7. The Hall–Kier alpha value is -1.66. The average Bonchev–Trinajstić information content (AvgIpc) is 3.44. The summed E-state index contributed by atoms with van der Waals surface area (Å²) in [7, 11) is 0. The molecule has 462 valence electrons. The highest BCUT2D eigenvalue weighted by molar-refractivity contribution is 5.76. The van der Waals surface area contributed by atoms with Gasteiger partial charge < -0.3 is 20.3 Å². The number of carbonyl (C=O) groups is 2. The quantitative estimate of drug-likeness (QED) is 0.0320. The number of esters is 1.